The number of para-hydroxylation sites is 1. The molecule has 0 radical (unpaired) electrons. The Kier molecular flexibility index (Phi) is 8.93. The van der Waals surface area contributed by atoms with Gasteiger partial charge in [-0.3, -0.25) is 0 Å². The summed E-state index contributed by atoms with van der Waals surface area (Å²) in [4.78, 5) is 11.1. The monoisotopic (exact) mass is 560 g/mol. The Morgan fingerprint density at radius 2 is 1.95 bits per heavy atom. The van der Waals surface area contributed by atoms with Crippen LogP contribution in [0.15, 0.2) is 53.6 Å². The van der Waals surface area contributed by atoms with Gasteiger partial charge in [-0.1, -0.05) is 23.7 Å². The third kappa shape index (κ3) is 7.04. The number of aromatic nitrogens is 2. The molecule has 38 heavy (non-hydrogen) atoms. The highest BCUT2D eigenvalue weighted by Crippen LogP contribution is 2.34. The van der Waals surface area contributed by atoms with Gasteiger partial charge in [0.15, 0.2) is 5.82 Å². The molecule has 3 aromatic rings. The van der Waals surface area contributed by atoms with Crippen molar-refractivity contribution in [3.63, 3.8) is 0 Å². The smallest absolute Gasteiger partial charge is 0.242 e. The fraction of sp³-hybridized carbons (Fsp3) is 0.385. The second kappa shape index (κ2) is 12.2. The van der Waals surface area contributed by atoms with Crippen LogP contribution >= 0.6 is 11.6 Å². The van der Waals surface area contributed by atoms with E-state index < -0.39 is 10.0 Å². The number of nitrogens with zero attached hydrogens (tertiary/aromatic N) is 3. The Balaban J connectivity index is 1.56. The molecule has 0 spiro atoms. The summed E-state index contributed by atoms with van der Waals surface area (Å²) in [7, 11) is -1.67. The quantitative estimate of drug-likeness (QED) is 0.304. The minimum atomic E-state index is -3.76. The van der Waals surface area contributed by atoms with E-state index in [0.29, 0.717) is 23.7 Å². The van der Waals surface area contributed by atoms with E-state index >= 15 is 0 Å². The number of ether oxygens (including phenoxy) is 2. The molecule has 0 saturated carbocycles. The summed E-state index contributed by atoms with van der Waals surface area (Å²) in [6, 6.07) is 11.9. The lowest BCUT2D eigenvalue weighted by molar-refractivity contribution is 0.207. The number of hydrogen-bond acceptors (Lipinski definition) is 9. The second-order valence-electron chi connectivity index (χ2n) is 9.29. The molecule has 3 N–H and O–H groups in total. The molecule has 2 heterocycles. The van der Waals surface area contributed by atoms with E-state index in [0.717, 1.165) is 25.3 Å². The highest BCUT2D eigenvalue weighted by atomic mass is 35.5. The summed E-state index contributed by atoms with van der Waals surface area (Å²) in [6.45, 7) is 7.79. The zero-order chi connectivity index (χ0) is 27.3. The van der Waals surface area contributed by atoms with Crippen molar-refractivity contribution >= 4 is 44.8 Å². The Labute approximate surface area is 228 Å². The number of hydrogen-bond donors (Lipinski definition) is 3. The normalized spacial score (nSPS) is 16.0. The van der Waals surface area contributed by atoms with Crippen LogP contribution in [0.3, 0.4) is 0 Å². The standard InChI is InChI=1S/C26H33ClN6O4S/c1-5-36-23-14-18(37-19-12-13-33(4)16-19)10-11-21(23)30-26-28-15-20(27)25(31-26)29-22-8-6-7-9-24(22)38(34,35)32-17(2)3/h6-11,14-15,17,19,32H,5,12-13,16H2,1-4H3,(H2,28,29,30,31)/t19-/m1/s1. The number of anilines is 4. The number of likely N-dealkylation sites (tertiary alicyclic amines) is 1. The summed E-state index contributed by atoms with van der Waals surface area (Å²) >= 11 is 6.37. The van der Waals surface area contributed by atoms with Gasteiger partial charge in [-0.2, -0.15) is 4.98 Å². The van der Waals surface area contributed by atoms with Crippen LogP contribution in [0.5, 0.6) is 11.5 Å². The molecule has 1 aromatic heterocycles. The van der Waals surface area contributed by atoms with Gasteiger partial charge in [0.2, 0.25) is 16.0 Å². The van der Waals surface area contributed by atoms with Gasteiger partial charge in [-0.05, 0) is 58.5 Å². The van der Waals surface area contributed by atoms with Crippen LogP contribution in [-0.4, -0.2) is 62.2 Å². The minimum absolute atomic E-state index is 0.0839. The van der Waals surface area contributed by atoms with Crippen molar-refractivity contribution in [1.29, 1.82) is 0 Å². The largest absolute Gasteiger partial charge is 0.492 e. The molecular formula is C26H33ClN6O4S. The highest BCUT2D eigenvalue weighted by Gasteiger charge is 2.22. The number of rotatable bonds is 11. The fourth-order valence-electron chi connectivity index (χ4n) is 4.08. The maximum Gasteiger partial charge on any atom is 0.242 e. The molecular weight excluding hydrogens is 528 g/mol. The lowest BCUT2D eigenvalue weighted by Gasteiger charge is -2.17. The van der Waals surface area contributed by atoms with Gasteiger partial charge in [-0.15, -0.1) is 0 Å². The molecule has 1 saturated heterocycles. The minimum Gasteiger partial charge on any atom is -0.492 e. The molecule has 1 atom stereocenters. The molecule has 204 valence electrons. The second-order valence-corrected chi connectivity index (χ2v) is 11.4. The molecule has 0 aliphatic carbocycles. The van der Waals surface area contributed by atoms with Gasteiger partial charge in [0.1, 0.15) is 27.5 Å². The van der Waals surface area contributed by atoms with Crippen LogP contribution in [0.2, 0.25) is 5.02 Å². The lowest BCUT2D eigenvalue weighted by Crippen LogP contribution is -2.30. The predicted molar refractivity (Wildman–Crippen MR) is 150 cm³/mol. The summed E-state index contributed by atoms with van der Waals surface area (Å²) < 4.78 is 40.3. The number of benzene rings is 2. The predicted octanol–water partition coefficient (Wildman–Crippen LogP) is 4.79. The van der Waals surface area contributed by atoms with Crippen molar-refractivity contribution in [1.82, 2.24) is 19.6 Å². The average molecular weight is 561 g/mol. The van der Waals surface area contributed by atoms with Crippen LogP contribution < -0.4 is 24.8 Å². The van der Waals surface area contributed by atoms with E-state index in [9.17, 15) is 8.42 Å². The molecule has 0 bridgehead atoms. The summed E-state index contributed by atoms with van der Waals surface area (Å²) in [5, 5.41) is 6.44. The first kappa shape index (κ1) is 27.9. The van der Waals surface area contributed by atoms with E-state index in [1.807, 2.05) is 25.1 Å². The molecule has 12 heteroatoms. The van der Waals surface area contributed by atoms with Crippen molar-refractivity contribution < 1.29 is 17.9 Å². The molecule has 10 nitrogen and oxygen atoms in total. The zero-order valence-corrected chi connectivity index (χ0v) is 23.4. The van der Waals surface area contributed by atoms with Crippen molar-refractivity contribution in [3.8, 4) is 11.5 Å². The van der Waals surface area contributed by atoms with Crippen LogP contribution in [-0.2, 0) is 10.0 Å². The maximum atomic E-state index is 12.8. The van der Waals surface area contributed by atoms with Gasteiger partial charge in [0.05, 0.1) is 24.2 Å². The van der Waals surface area contributed by atoms with Crippen molar-refractivity contribution in [2.24, 2.45) is 0 Å². The van der Waals surface area contributed by atoms with Crippen LogP contribution in [0, 0.1) is 0 Å². The number of nitrogens with one attached hydrogen (secondary N) is 3. The van der Waals surface area contributed by atoms with E-state index in [1.165, 1.54) is 12.3 Å². The third-order valence-corrected chi connectivity index (χ3v) is 7.71. The average Bonchev–Trinajstić information content (AvgIpc) is 3.27. The molecule has 2 aromatic carbocycles. The molecule has 1 fully saturated rings. The first-order valence-corrected chi connectivity index (χ1v) is 14.3. The van der Waals surface area contributed by atoms with Crippen LogP contribution in [0.4, 0.5) is 23.1 Å². The highest BCUT2D eigenvalue weighted by molar-refractivity contribution is 7.89. The maximum absolute atomic E-state index is 12.8. The first-order chi connectivity index (χ1) is 18.1. The van der Waals surface area contributed by atoms with Crippen LogP contribution in [0.25, 0.3) is 0 Å². The Hall–Kier alpha value is -3.12. The number of sulfonamides is 1. The molecule has 1 aliphatic rings. The van der Waals surface area contributed by atoms with Crippen molar-refractivity contribution in [2.75, 3.05) is 37.4 Å². The SMILES string of the molecule is CCOc1cc(O[C@@H]2CCN(C)C2)ccc1Nc1ncc(Cl)c(Nc2ccccc2S(=O)(=O)NC(C)C)n1. The van der Waals surface area contributed by atoms with E-state index in [1.54, 1.807) is 32.0 Å². The van der Waals surface area contributed by atoms with Gasteiger partial charge >= 0.3 is 0 Å². The van der Waals surface area contributed by atoms with Gasteiger partial charge in [0, 0.05) is 25.2 Å². The Morgan fingerprint density at radius 1 is 1.16 bits per heavy atom. The number of halogens is 1. The zero-order valence-electron chi connectivity index (χ0n) is 21.9. The topological polar surface area (TPSA) is 118 Å². The Bertz CT molecular complexity index is 1370. The van der Waals surface area contributed by atoms with Crippen molar-refractivity contribution in [3.05, 3.63) is 53.7 Å². The van der Waals surface area contributed by atoms with E-state index in [-0.39, 0.29) is 33.8 Å². The summed E-state index contributed by atoms with van der Waals surface area (Å²) in [5.74, 6) is 1.83. The molecule has 0 amide bonds. The van der Waals surface area contributed by atoms with E-state index in [4.69, 9.17) is 21.1 Å². The summed E-state index contributed by atoms with van der Waals surface area (Å²) in [5.41, 5.74) is 0.987. The fourth-order valence-corrected chi connectivity index (χ4v) is 5.63. The Morgan fingerprint density at radius 3 is 2.66 bits per heavy atom. The van der Waals surface area contributed by atoms with E-state index in [2.05, 4.69) is 37.3 Å². The van der Waals surface area contributed by atoms with Gasteiger partial charge < -0.3 is 25.0 Å². The number of likely N-dealkylation sites (N-methyl/N-ethyl adjacent to an activating group) is 1. The lowest BCUT2D eigenvalue weighted by atomic mass is 10.2. The first-order valence-electron chi connectivity index (χ1n) is 12.4. The summed E-state index contributed by atoms with van der Waals surface area (Å²) in [6.07, 6.45) is 2.56. The van der Waals surface area contributed by atoms with Crippen molar-refractivity contribution in [2.45, 2.75) is 44.2 Å². The van der Waals surface area contributed by atoms with Gasteiger partial charge in [0.25, 0.3) is 0 Å². The molecule has 1 aliphatic heterocycles. The molecule has 0 unspecified atom stereocenters. The molecule has 4 rings (SSSR count). The third-order valence-electron chi connectivity index (χ3n) is 5.71. The van der Waals surface area contributed by atoms with Crippen LogP contribution in [0.1, 0.15) is 27.2 Å². The van der Waals surface area contributed by atoms with Gasteiger partial charge in [-0.25, -0.2) is 18.1 Å².